The van der Waals surface area contributed by atoms with Gasteiger partial charge in [-0.1, -0.05) is 48.5 Å². The molecule has 3 aromatic carbocycles. The fourth-order valence-electron chi connectivity index (χ4n) is 2.65. The van der Waals surface area contributed by atoms with E-state index < -0.39 is 28.5 Å². The summed E-state index contributed by atoms with van der Waals surface area (Å²) in [5.41, 5.74) is 1.33. The second-order valence-electron chi connectivity index (χ2n) is 6.47. The zero-order valence-electron chi connectivity index (χ0n) is 16.4. The number of esters is 1. The van der Waals surface area contributed by atoms with E-state index in [2.05, 4.69) is 5.32 Å². The lowest BCUT2D eigenvalue weighted by Crippen LogP contribution is -2.21. The molecule has 0 fully saturated rings. The first-order valence-corrected chi connectivity index (χ1v) is 10.7. The number of hydrogen-bond acceptors (Lipinski definition) is 6. The summed E-state index contributed by atoms with van der Waals surface area (Å²) in [6, 6.07) is 21.5. The second kappa shape index (κ2) is 9.88. The highest BCUT2D eigenvalue weighted by atomic mass is 32.2. The third-order valence-corrected chi connectivity index (χ3v) is 5.04. The number of ether oxygens (including phenoxy) is 2. The number of anilines is 1. The Balaban J connectivity index is 1.59. The first kappa shape index (κ1) is 22.0. The monoisotopic (exact) mass is 440 g/mol. The molecule has 3 rings (SSSR count). The summed E-state index contributed by atoms with van der Waals surface area (Å²) >= 11 is 0. The van der Waals surface area contributed by atoms with Crippen LogP contribution >= 0.6 is 0 Å². The molecular formula is C22H20N2O6S. The van der Waals surface area contributed by atoms with Crippen molar-refractivity contribution in [2.45, 2.75) is 11.5 Å². The van der Waals surface area contributed by atoms with Crippen molar-refractivity contribution in [2.75, 3.05) is 11.9 Å². The van der Waals surface area contributed by atoms with E-state index in [1.165, 1.54) is 30.3 Å². The highest BCUT2D eigenvalue weighted by molar-refractivity contribution is 7.89. The molecule has 160 valence electrons. The summed E-state index contributed by atoms with van der Waals surface area (Å²) in [7, 11) is -3.90. The first-order valence-electron chi connectivity index (χ1n) is 9.18. The standard InChI is InChI=1S/C22H20N2O6S/c23-31(27,28)18-10-6-9-17(13-18)24-21(25)15-30-22(26)19-11-4-5-12-20(19)29-14-16-7-2-1-3-8-16/h1-13H,14-15H2,(H,24,25)(H2,23,27,28). The predicted octanol–water partition coefficient (Wildman–Crippen LogP) is 2.71. The van der Waals surface area contributed by atoms with Gasteiger partial charge in [0.05, 0.1) is 4.90 Å². The Labute approximate surface area is 179 Å². The van der Waals surface area contributed by atoms with Gasteiger partial charge in [-0.3, -0.25) is 4.79 Å². The summed E-state index contributed by atoms with van der Waals surface area (Å²) in [5.74, 6) is -1.03. The Morgan fingerprint density at radius 2 is 1.61 bits per heavy atom. The molecule has 0 bridgehead atoms. The van der Waals surface area contributed by atoms with Gasteiger partial charge in [-0.2, -0.15) is 0 Å². The molecule has 3 aromatic rings. The van der Waals surface area contributed by atoms with Crippen LogP contribution in [0.4, 0.5) is 5.69 Å². The number of sulfonamides is 1. The van der Waals surface area contributed by atoms with E-state index in [-0.39, 0.29) is 22.8 Å². The molecule has 0 saturated heterocycles. The summed E-state index contributed by atoms with van der Waals surface area (Å²) in [6.07, 6.45) is 0. The first-order chi connectivity index (χ1) is 14.8. The Morgan fingerprint density at radius 3 is 2.35 bits per heavy atom. The van der Waals surface area contributed by atoms with Gasteiger partial charge in [0.1, 0.15) is 17.9 Å². The third-order valence-electron chi connectivity index (χ3n) is 4.12. The molecule has 0 aromatic heterocycles. The van der Waals surface area contributed by atoms with Crippen LogP contribution in [0, 0.1) is 0 Å². The largest absolute Gasteiger partial charge is 0.488 e. The Kier molecular flexibility index (Phi) is 7.01. The van der Waals surface area contributed by atoms with Crippen molar-refractivity contribution in [1.82, 2.24) is 0 Å². The van der Waals surface area contributed by atoms with Crippen LogP contribution < -0.4 is 15.2 Å². The molecule has 0 unspecified atom stereocenters. The van der Waals surface area contributed by atoms with Crippen molar-refractivity contribution < 1.29 is 27.5 Å². The molecule has 9 heteroatoms. The van der Waals surface area contributed by atoms with Crippen molar-refractivity contribution in [2.24, 2.45) is 5.14 Å². The number of rotatable bonds is 8. The number of para-hydroxylation sites is 1. The van der Waals surface area contributed by atoms with Crippen LogP contribution in [0.25, 0.3) is 0 Å². The average Bonchev–Trinajstić information content (AvgIpc) is 2.76. The van der Waals surface area contributed by atoms with E-state index in [9.17, 15) is 18.0 Å². The number of carbonyl (C=O) groups excluding carboxylic acids is 2. The van der Waals surface area contributed by atoms with Gasteiger partial charge in [0.25, 0.3) is 5.91 Å². The molecule has 0 aliphatic rings. The third kappa shape index (κ3) is 6.39. The highest BCUT2D eigenvalue weighted by Gasteiger charge is 2.16. The van der Waals surface area contributed by atoms with Crippen molar-refractivity contribution in [3.8, 4) is 5.75 Å². The lowest BCUT2D eigenvalue weighted by atomic mass is 10.2. The van der Waals surface area contributed by atoms with E-state index in [0.717, 1.165) is 5.56 Å². The summed E-state index contributed by atoms with van der Waals surface area (Å²) in [6.45, 7) is -0.294. The number of hydrogen-bond donors (Lipinski definition) is 2. The molecule has 31 heavy (non-hydrogen) atoms. The van der Waals surface area contributed by atoms with Gasteiger partial charge in [-0.25, -0.2) is 18.4 Å². The minimum absolute atomic E-state index is 0.146. The highest BCUT2D eigenvalue weighted by Crippen LogP contribution is 2.20. The number of nitrogens with one attached hydrogen (secondary N) is 1. The lowest BCUT2D eigenvalue weighted by molar-refractivity contribution is -0.119. The maximum absolute atomic E-state index is 12.4. The summed E-state index contributed by atoms with van der Waals surface area (Å²) < 4.78 is 33.6. The maximum Gasteiger partial charge on any atom is 0.342 e. The minimum atomic E-state index is -3.90. The topological polar surface area (TPSA) is 125 Å². The molecule has 0 atom stereocenters. The number of amides is 1. The van der Waals surface area contributed by atoms with Crippen LogP contribution in [0.15, 0.2) is 83.8 Å². The van der Waals surface area contributed by atoms with Crippen molar-refractivity contribution in [3.05, 3.63) is 90.0 Å². The molecule has 3 N–H and O–H groups in total. The van der Waals surface area contributed by atoms with Gasteiger partial charge in [-0.15, -0.1) is 0 Å². The number of carbonyl (C=O) groups is 2. The van der Waals surface area contributed by atoms with E-state index in [4.69, 9.17) is 14.6 Å². The molecule has 0 heterocycles. The van der Waals surface area contributed by atoms with Crippen LogP contribution in [-0.2, 0) is 26.2 Å². The van der Waals surface area contributed by atoms with Crippen LogP contribution in [0.2, 0.25) is 0 Å². The molecule has 0 saturated carbocycles. The SMILES string of the molecule is NS(=O)(=O)c1cccc(NC(=O)COC(=O)c2ccccc2OCc2ccccc2)c1. The van der Waals surface area contributed by atoms with E-state index in [1.807, 2.05) is 30.3 Å². The summed E-state index contributed by atoms with van der Waals surface area (Å²) in [4.78, 5) is 24.4. The van der Waals surface area contributed by atoms with Crippen LogP contribution in [0.1, 0.15) is 15.9 Å². The van der Waals surface area contributed by atoms with E-state index in [1.54, 1.807) is 18.2 Å². The van der Waals surface area contributed by atoms with E-state index >= 15 is 0 Å². The molecule has 0 aliphatic heterocycles. The quantitative estimate of drug-likeness (QED) is 0.519. The fourth-order valence-corrected chi connectivity index (χ4v) is 3.21. The van der Waals surface area contributed by atoms with Crippen molar-refractivity contribution >= 4 is 27.6 Å². The van der Waals surface area contributed by atoms with Crippen molar-refractivity contribution in [1.29, 1.82) is 0 Å². The van der Waals surface area contributed by atoms with Gasteiger partial charge in [0.15, 0.2) is 6.61 Å². The van der Waals surface area contributed by atoms with Gasteiger partial charge in [-0.05, 0) is 35.9 Å². The number of primary sulfonamides is 1. The van der Waals surface area contributed by atoms with Crippen molar-refractivity contribution in [3.63, 3.8) is 0 Å². The Hall–Kier alpha value is -3.69. The summed E-state index contributed by atoms with van der Waals surface area (Å²) in [5, 5.41) is 7.53. The van der Waals surface area contributed by atoms with Gasteiger partial charge >= 0.3 is 5.97 Å². The second-order valence-corrected chi connectivity index (χ2v) is 8.03. The molecule has 8 nitrogen and oxygen atoms in total. The normalized spacial score (nSPS) is 10.9. The van der Waals surface area contributed by atoms with Crippen LogP contribution in [0.3, 0.4) is 0 Å². The van der Waals surface area contributed by atoms with E-state index in [0.29, 0.717) is 5.75 Å². The molecule has 0 aliphatic carbocycles. The average molecular weight is 440 g/mol. The smallest absolute Gasteiger partial charge is 0.342 e. The molecular weight excluding hydrogens is 420 g/mol. The lowest BCUT2D eigenvalue weighted by Gasteiger charge is -2.11. The minimum Gasteiger partial charge on any atom is -0.488 e. The predicted molar refractivity (Wildman–Crippen MR) is 114 cm³/mol. The Morgan fingerprint density at radius 1 is 0.903 bits per heavy atom. The van der Waals surface area contributed by atoms with Crippen LogP contribution in [0.5, 0.6) is 5.75 Å². The molecule has 0 radical (unpaired) electrons. The fraction of sp³-hybridized carbons (Fsp3) is 0.0909. The molecule has 1 amide bonds. The van der Waals surface area contributed by atoms with Crippen LogP contribution in [-0.4, -0.2) is 26.9 Å². The van der Waals surface area contributed by atoms with Gasteiger partial charge in [0, 0.05) is 5.69 Å². The Bertz CT molecular complexity index is 1180. The van der Waals surface area contributed by atoms with Gasteiger partial charge < -0.3 is 14.8 Å². The molecule has 0 spiro atoms. The zero-order valence-corrected chi connectivity index (χ0v) is 17.2. The number of benzene rings is 3. The maximum atomic E-state index is 12.4. The van der Waals surface area contributed by atoms with Gasteiger partial charge in [0.2, 0.25) is 10.0 Å². The number of nitrogens with two attached hydrogens (primary N) is 1. The zero-order chi connectivity index (χ0) is 22.3.